The number of allylic oxidation sites excluding steroid dienone is 2. The number of benzene rings is 2. The molecule has 0 N–H and O–H groups in total. The molecule has 7 nitrogen and oxygen atoms in total. The van der Waals surface area contributed by atoms with Crippen molar-refractivity contribution in [3.63, 3.8) is 0 Å². The van der Waals surface area contributed by atoms with Crippen molar-refractivity contribution in [2.75, 3.05) is 14.2 Å². The maximum atomic E-state index is 13.8. The van der Waals surface area contributed by atoms with Crippen LogP contribution in [0.1, 0.15) is 23.1 Å². The molecule has 8 heteroatoms. The Balaban J connectivity index is 1.92. The number of sulfonamides is 1. The van der Waals surface area contributed by atoms with E-state index in [9.17, 15) is 18.0 Å². The Morgan fingerprint density at radius 3 is 2.21 bits per heavy atom. The maximum absolute atomic E-state index is 13.8. The first-order valence-corrected chi connectivity index (χ1v) is 12.0. The number of aryl methyl sites for hydroxylation is 1. The van der Waals surface area contributed by atoms with Crippen molar-refractivity contribution in [2.45, 2.75) is 31.2 Å². The molecule has 0 saturated carbocycles. The van der Waals surface area contributed by atoms with Crippen molar-refractivity contribution in [1.29, 1.82) is 0 Å². The van der Waals surface area contributed by atoms with Crippen LogP contribution in [-0.2, 0) is 42.1 Å². The smallest absolute Gasteiger partial charge is 0.334 e. The third kappa shape index (κ3) is 4.06. The van der Waals surface area contributed by atoms with Gasteiger partial charge in [-0.2, -0.15) is 0 Å². The van der Waals surface area contributed by atoms with E-state index in [1.807, 2.05) is 31.2 Å². The number of hydrogen-bond donors (Lipinski definition) is 0. The van der Waals surface area contributed by atoms with Gasteiger partial charge in [-0.05, 0) is 36.6 Å². The fourth-order valence-corrected chi connectivity index (χ4v) is 5.95. The van der Waals surface area contributed by atoms with Gasteiger partial charge in [0.1, 0.15) is 0 Å². The summed E-state index contributed by atoms with van der Waals surface area (Å²) in [5.41, 5.74) is 3.48. The van der Waals surface area contributed by atoms with Crippen molar-refractivity contribution >= 4 is 22.0 Å². The first-order chi connectivity index (χ1) is 15.8. The number of methoxy groups -OCH3 is 2. The minimum absolute atomic E-state index is 0.0687. The summed E-state index contributed by atoms with van der Waals surface area (Å²) in [4.78, 5) is 25.5. The van der Waals surface area contributed by atoms with E-state index in [0.29, 0.717) is 12.1 Å². The summed E-state index contributed by atoms with van der Waals surface area (Å²) in [6.45, 7) is 2.01. The number of fused-ring (bicyclic) bond motifs is 2. The molecule has 2 aromatic rings. The minimum atomic E-state index is -3.94. The fraction of sp³-hybridized carbons (Fsp3) is 0.280. The molecule has 1 heterocycles. The lowest BCUT2D eigenvalue weighted by molar-refractivity contribution is -0.140. The fourth-order valence-electron chi connectivity index (χ4n) is 4.43. The Labute approximate surface area is 193 Å². The summed E-state index contributed by atoms with van der Waals surface area (Å²) in [7, 11) is -1.45. The topological polar surface area (TPSA) is 90.0 Å². The second-order valence-corrected chi connectivity index (χ2v) is 9.92. The molecule has 2 aliphatic rings. The van der Waals surface area contributed by atoms with Gasteiger partial charge in [-0.3, -0.25) is 4.31 Å². The van der Waals surface area contributed by atoms with Crippen LogP contribution in [0, 0.1) is 12.8 Å². The van der Waals surface area contributed by atoms with Crippen molar-refractivity contribution in [1.82, 2.24) is 4.31 Å². The molecule has 0 radical (unpaired) electrons. The Kier molecular flexibility index (Phi) is 6.12. The summed E-state index contributed by atoms with van der Waals surface area (Å²) in [5.74, 6) is -1.97. The number of hydrogen-bond acceptors (Lipinski definition) is 6. The van der Waals surface area contributed by atoms with Crippen LogP contribution in [0.2, 0.25) is 0 Å². The molecule has 0 amide bonds. The zero-order valence-electron chi connectivity index (χ0n) is 18.7. The molecule has 1 unspecified atom stereocenters. The van der Waals surface area contributed by atoms with Gasteiger partial charge < -0.3 is 9.47 Å². The van der Waals surface area contributed by atoms with Gasteiger partial charge in [-0.1, -0.05) is 48.0 Å². The van der Waals surface area contributed by atoms with Gasteiger partial charge in [0.2, 0.25) is 0 Å². The van der Waals surface area contributed by atoms with Crippen LogP contribution in [0.5, 0.6) is 0 Å². The highest BCUT2D eigenvalue weighted by Gasteiger charge is 2.41. The van der Waals surface area contributed by atoms with Gasteiger partial charge >= 0.3 is 11.9 Å². The van der Waals surface area contributed by atoms with E-state index < -0.39 is 27.9 Å². The van der Waals surface area contributed by atoms with Crippen molar-refractivity contribution in [3.8, 4) is 0 Å². The molecular weight excluding hydrogens is 442 g/mol. The quantitative estimate of drug-likeness (QED) is 0.641. The van der Waals surface area contributed by atoms with Gasteiger partial charge in [-0.25, -0.2) is 18.0 Å². The highest BCUT2D eigenvalue weighted by molar-refractivity contribution is 7.89. The number of esters is 2. The number of nitrogens with zero attached hydrogens (tertiary/aromatic N) is 1. The molecule has 4 rings (SSSR count). The van der Waals surface area contributed by atoms with Crippen LogP contribution in [0.3, 0.4) is 0 Å². The molecule has 33 heavy (non-hydrogen) atoms. The van der Waals surface area contributed by atoms with E-state index in [0.717, 1.165) is 16.7 Å². The number of carbonyl (C=O) groups excluding carboxylic acids is 2. The monoisotopic (exact) mass is 467 g/mol. The summed E-state index contributed by atoms with van der Waals surface area (Å²) >= 11 is 0. The standard InChI is InChI=1S/C25H25NO6S/c1-16-8-10-19(11-9-16)33(29,30)26-15-18-7-5-4-6-17(18)14-21-22(26)13-12-20(24(27)31-2)23(21)25(28)32-3/h4-11,13,21H,12,14-15H2,1-3H3. The van der Waals surface area contributed by atoms with E-state index in [1.54, 1.807) is 30.3 Å². The zero-order chi connectivity index (χ0) is 23.8. The summed E-state index contributed by atoms with van der Waals surface area (Å²) in [5, 5.41) is 0. The van der Waals surface area contributed by atoms with E-state index in [2.05, 4.69) is 0 Å². The maximum Gasteiger partial charge on any atom is 0.334 e. The predicted octanol–water partition coefficient (Wildman–Crippen LogP) is 3.29. The molecule has 1 atom stereocenters. The third-order valence-corrected chi connectivity index (χ3v) is 7.92. The average molecular weight is 468 g/mol. The first-order valence-electron chi connectivity index (χ1n) is 10.5. The van der Waals surface area contributed by atoms with E-state index in [1.165, 1.54) is 18.5 Å². The number of rotatable bonds is 4. The van der Waals surface area contributed by atoms with Gasteiger partial charge in [0.25, 0.3) is 10.0 Å². The van der Waals surface area contributed by atoms with Crippen LogP contribution in [0.15, 0.2) is 76.3 Å². The lowest BCUT2D eigenvalue weighted by atomic mass is 9.81. The van der Waals surface area contributed by atoms with Crippen LogP contribution in [0.4, 0.5) is 0 Å². The van der Waals surface area contributed by atoms with Crippen LogP contribution >= 0.6 is 0 Å². The summed E-state index contributed by atoms with van der Waals surface area (Å²) in [6.07, 6.45) is 2.13. The van der Waals surface area contributed by atoms with E-state index in [-0.39, 0.29) is 29.0 Å². The minimum Gasteiger partial charge on any atom is -0.466 e. The van der Waals surface area contributed by atoms with Gasteiger partial charge in [0.15, 0.2) is 0 Å². The Hall–Kier alpha value is -3.39. The largest absolute Gasteiger partial charge is 0.466 e. The molecule has 1 aliphatic carbocycles. The molecule has 172 valence electrons. The second kappa shape index (κ2) is 8.86. The molecule has 2 aromatic carbocycles. The third-order valence-electron chi connectivity index (χ3n) is 6.14. The number of ether oxygens (including phenoxy) is 2. The molecule has 0 bridgehead atoms. The Morgan fingerprint density at radius 2 is 1.58 bits per heavy atom. The van der Waals surface area contributed by atoms with Gasteiger partial charge in [0, 0.05) is 18.0 Å². The van der Waals surface area contributed by atoms with Gasteiger partial charge in [0.05, 0.1) is 36.8 Å². The van der Waals surface area contributed by atoms with Crippen molar-refractivity contribution in [3.05, 3.63) is 88.1 Å². The number of carbonyl (C=O) groups is 2. The van der Waals surface area contributed by atoms with Crippen LogP contribution in [0.25, 0.3) is 0 Å². The highest BCUT2D eigenvalue weighted by atomic mass is 32.2. The Bertz CT molecular complexity index is 1270. The van der Waals surface area contributed by atoms with Gasteiger partial charge in [-0.15, -0.1) is 0 Å². The van der Waals surface area contributed by atoms with Crippen LogP contribution in [-0.4, -0.2) is 38.9 Å². The molecule has 0 aromatic heterocycles. The van der Waals surface area contributed by atoms with E-state index >= 15 is 0 Å². The molecule has 0 saturated heterocycles. The average Bonchev–Trinajstić information content (AvgIpc) is 2.99. The SMILES string of the molecule is COC(=O)C1=C(C(=O)OC)C2Cc3ccccc3CN(S(=O)(=O)c3ccc(C)cc3)C2=CC1. The molecule has 0 fully saturated rings. The molecule has 1 aliphatic heterocycles. The predicted molar refractivity (Wildman–Crippen MR) is 121 cm³/mol. The second-order valence-electron chi connectivity index (χ2n) is 8.06. The molecular formula is C25H25NO6S. The summed E-state index contributed by atoms with van der Waals surface area (Å²) < 4.78 is 38.9. The van der Waals surface area contributed by atoms with E-state index in [4.69, 9.17) is 9.47 Å². The molecule has 0 spiro atoms. The highest BCUT2D eigenvalue weighted by Crippen LogP contribution is 2.42. The lowest BCUT2D eigenvalue weighted by Crippen LogP contribution is -2.36. The van der Waals surface area contributed by atoms with Crippen molar-refractivity contribution < 1.29 is 27.5 Å². The zero-order valence-corrected chi connectivity index (χ0v) is 19.5. The normalized spacial score (nSPS) is 18.0. The van der Waals surface area contributed by atoms with Crippen molar-refractivity contribution in [2.24, 2.45) is 5.92 Å². The van der Waals surface area contributed by atoms with Crippen LogP contribution < -0.4 is 0 Å². The first kappa shape index (κ1) is 22.8. The summed E-state index contributed by atoms with van der Waals surface area (Å²) in [6, 6.07) is 14.2. The Morgan fingerprint density at radius 1 is 0.939 bits per heavy atom. The lowest BCUT2D eigenvalue weighted by Gasteiger charge is -2.33.